The van der Waals surface area contributed by atoms with Gasteiger partial charge in [-0.15, -0.1) is 0 Å². The number of nitrogens with zero attached hydrogens (tertiary/aromatic N) is 3. The summed E-state index contributed by atoms with van der Waals surface area (Å²) in [7, 11) is 0. The number of hydrogen-bond donors (Lipinski definition) is 1. The number of benzene rings is 2. The minimum atomic E-state index is -0.563. The van der Waals surface area contributed by atoms with Crippen LogP contribution >= 0.6 is 31.9 Å². The van der Waals surface area contributed by atoms with Crippen LogP contribution in [0.15, 0.2) is 45.3 Å². The van der Waals surface area contributed by atoms with E-state index < -0.39 is 11.7 Å². The molecule has 6 rings (SSSR count). The number of halogens is 2. The summed E-state index contributed by atoms with van der Waals surface area (Å²) in [6, 6.07) is 12.6. The van der Waals surface area contributed by atoms with E-state index in [0.29, 0.717) is 19.6 Å². The van der Waals surface area contributed by atoms with Gasteiger partial charge in [-0.1, -0.05) is 44.0 Å². The second kappa shape index (κ2) is 11.2. The summed E-state index contributed by atoms with van der Waals surface area (Å²) < 4.78 is 7.58. The Hall–Kier alpha value is -2.43. The van der Waals surface area contributed by atoms with E-state index >= 15 is 0 Å². The maximum Gasteiger partial charge on any atom is 0.410 e. The van der Waals surface area contributed by atoms with Gasteiger partial charge < -0.3 is 19.9 Å². The molecule has 2 fully saturated rings. The molecule has 8 nitrogen and oxygen atoms in total. The molecule has 4 aliphatic heterocycles. The van der Waals surface area contributed by atoms with Crippen LogP contribution in [0.1, 0.15) is 55.1 Å². The third-order valence-electron chi connectivity index (χ3n) is 7.55. The lowest BCUT2D eigenvalue weighted by atomic mass is 9.91. The Kier molecular flexibility index (Phi) is 8.08. The Balaban J connectivity index is 0.000000168. The van der Waals surface area contributed by atoms with Crippen molar-refractivity contribution in [2.24, 2.45) is 0 Å². The van der Waals surface area contributed by atoms with Crippen LogP contribution in [0.2, 0.25) is 0 Å². The van der Waals surface area contributed by atoms with Gasteiger partial charge in [0.2, 0.25) is 11.8 Å². The first-order chi connectivity index (χ1) is 18.5. The van der Waals surface area contributed by atoms with E-state index in [1.165, 1.54) is 21.6 Å². The molecule has 3 amide bonds. The highest BCUT2D eigenvalue weighted by molar-refractivity contribution is 9.10. The summed E-state index contributed by atoms with van der Waals surface area (Å²) in [5.74, 6) is 0.213. The molecule has 0 aromatic heterocycles. The number of ether oxygens (including phenoxy) is 1. The second-order valence-corrected chi connectivity index (χ2v) is 13.2. The van der Waals surface area contributed by atoms with Gasteiger partial charge in [0.05, 0.1) is 18.6 Å². The van der Waals surface area contributed by atoms with Crippen molar-refractivity contribution < 1.29 is 19.1 Å². The van der Waals surface area contributed by atoms with Crippen molar-refractivity contribution in [2.75, 3.05) is 39.3 Å². The molecule has 0 aliphatic carbocycles. The number of hydrogen-bond acceptors (Lipinski definition) is 5. The number of carbonyl (C=O) groups excluding carboxylic acids is 3. The Morgan fingerprint density at radius 2 is 1.46 bits per heavy atom. The highest BCUT2D eigenvalue weighted by atomic mass is 79.9. The molecule has 0 spiro atoms. The number of rotatable bonds is 0. The highest BCUT2D eigenvalue weighted by Gasteiger charge is 2.40. The van der Waals surface area contributed by atoms with Gasteiger partial charge in [0.15, 0.2) is 0 Å². The minimum Gasteiger partial charge on any atom is -0.444 e. The van der Waals surface area contributed by atoms with Crippen molar-refractivity contribution >= 4 is 49.8 Å². The van der Waals surface area contributed by atoms with E-state index in [0.717, 1.165) is 40.4 Å². The fourth-order valence-corrected chi connectivity index (χ4v) is 6.60. The van der Waals surface area contributed by atoms with E-state index in [-0.39, 0.29) is 30.4 Å². The van der Waals surface area contributed by atoms with Gasteiger partial charge in [-0.2, -0.15) is 0 Å². The van der Waals surface area contributed by atoms with Crippen molar-refractivity contribution in [1.29, 1.82) is 0 Å². The molecule has 39 heavy (non-hydrogen) atoms. The van der Waals surface area contributed by atoms with E-state index in [1.807, 2.05) is 42.7 Å². The van der Waals surface area contributed by atoms with Crippen LogP contribution in [0.5, 0.6) is 0 Å². The highest BCUT2D eigenvalue weighted by Crippen LogP contribution is 2.35. The molecule has 208 valence electrons. The molecule has 0 saturated carbocycles. The summed E-state index contributed by atoms with van der Waals surface area (Å²) in [5.41, 5.74) is 4.47. The van der Waals surface area contributed by atoms with Crippen molar-refractivity contribution in [2.45, 2.75) is 51.3 Å². The fraction of sp³-hybridized carbons (Fsp3) is 0.483. The molecular formula is C29H34Br2N4O4. The molecule has 4 aliphatic rings. The van der Waals surface area contributed by atoms with Gasteiger partial charge in [-0.3, -0.25) is 14.5 Å². The number of carbonyl (C=O) groups is 3. The van der Waals surface area contributed by atoms with E-state index in [9.17, 15) is 14.4 Å². The van der Waals surface area contributed by atoms with Gasteiger partial charge >= 0.3 is 6.09 Å². The zero-order valence-electron chi connectivity index (χ0n) is 22.5. The lowest BCUT2D eigenvalue weighted by Crippen LogP contribution is -2.56. The summed E-state index contributed by atoms with van der Waals surface area (Å²) >= 11 is 6.99. The fourth-order valence-electron chi connectivity index (χ4n) is 5.79. The predicted molar refractivity (Wildman–Crippen MR) is 155 cm³/mol. The van der Waals surface area contributed by atoms with Crippen molar-refractivity contribution in [3.05, 3.63) is 67.6 Å². The summed E-state index contributed by atoms with van der Waals surface area (Å²) in [6.07, 6.45) is 1.40. The molecule has 2 aromatic rings. The predicted octanol–water partition coefficient (Wildman–Crippen LogP) is 4.60. The first-order valence-corrected chi connectivity index (χ1v) is 14.9. The molecule has 0 radical (unpaired) electrons. The molecular weight excluding hydrogens is 628 g/mol. The topological polar surface area (TPSA) is 82.2 Å². The molecule has 0 unspecified atom stereocenters. The number of amides is 3. The average Bonchev–Trinajstić information content (AvgIpc) is 2.87. The number of piperazine rings is 2. The van der Waals surface area contributed by atoms with Crippen molar-refractivity contribution in [3.63, 3.8) is 0 Å². The SMILES string of the molecule is CC(C)(C)OC(=O)N1CC(=O)N2CCc3cc(Br)ccc3[C@@H]2C1.O=C1CNC[C@H]2c3ccc(Br)cc3CCN12. The van der Waals surface area contributed by atoms with Crippen LogP contribution in [0.3, 0.4) is 0 Å². The summed E-state index contributed by atoms with van der Waals surface area (Å²) in [6.45, 7) is 8.99. The largest absolute Gasteiger partial charge is 0.444 e. The van der Waals surface area contributed by atoms with Crippen LogP contribution in [0.25, 0.3) is 0 Å². The Morgan fingerprint density at radius 3 is 2.05 bits per heavy atom. The first-order valence-electron chi connectivity index (χ1n) is 13.3. The van der Waals surface area contributed by atoms with Gasteiger partial charge in [0, 0.05) is 35.1 Å². The molecule has 10 heteroatoms. The van der Waals surface area contributed by atoms with Gasteiger partial charge in [-0.25, -0.2) is 4.79 Å². The van der Waals surface area contributed by atoms with E-state index in [2.05, 4.69) is 61.4 Å². The monoisotopic (exact) mass is 660 g/mol. The first kappa shape index (κ1) is 28.1. The average molecular weight is 662 g/mol. The zero-order chi connectivity index (χ0) is 27.9. The Labute approximate surface area is 246 Å². The van der Waals surface area contributed by atoms with Crippen LogP contribution < -0.4 is 5.32 Å². The standard InChI is InChI=1S/C17H21BrN2O3.C12H13BrN2O/c1-17(2,3)23-16(22)19-9-14-13-5-4-12(18)8-11(13)6-7-20(14)15(21)10-19;13-9-1-2-10-8(5-9)3-4-15-11(10)6-14-7-12(15)16/h4-5,8,14H,6-7,9-10H2,1-3H3;1-2,5,11,14H,3-4,6-7H2/t14-;11-/m00/s1. The Morgan fingerprint density at radius 1 is 0.897 bits per heavy atom. The maximum atomic E-state index is 12.5. The molecule has 1 N–H and O–H groups in total. The third-order valence-corrected chi connectivity index (χ3v) is 8.54. The van der Waals surface area contributed by atoms with Crippen LogP contribution in [-0.2, 0) is 27.2 Å². The van der Waals surface area contributed by atoms with Gasteiger partial charge in [-0.05, 0) is 80.1 Å². The van der Waals surface area contributed by atoms with Crippen LogP contribution in [-0.4, -0.2) is 77.5 Å². The van der Waals surface area contributed by atoms with Crippen molar-refractivity contribution in [1.82, 2.24) is 20.0 Å². The summed E-state index contributed by atoms with van der Waals surface area (Å²) in [5, 5.41) is 3.19. The van der Waals surface area contributed by atoms with Crippen LogP contribution in [0, 0.1) is 0 Å². The zero-order valence-corrected chi connectivity index (χ0v) is 25.7. The molecule has 0 bridgehead atoms. The molecule has 2 saturated heterocycles. The second-order valence-electron chi connectivity index (χ2n) is 11.4. The van der Waals surface area contributed by atoms with Gasteiger partial charge in [0.25, 0.3) is 0 Å². The van der Waals surface area contributed by atoms with E-state index in [4.69, 9.17) is 4.74 Å². The third kappa shape index (κ3) is 6.18. The maximum absolute atomic E-state index is 12.5. The summed E-state index contributed by atoms with van der Waals surface area (Å²) in [4.78, 5) is 42.0. The Bertz CT molecular complexity index is 1290. The number of fused-ring (bicyclic) bond motifs is 6. The van der Waals surface area contributed by atoms with Crippen LogP contribution in [0.4, 0.5) is 4.79 Å². The quantitative estimate of drug-likeness (QED) is 0.446. The lowest BCUT2D eigenvalue weighted by Gasteiger charge is -2.44. The minimum absolute atomic E-state index is 0.0133. The van der Waals surface area contributed by atoms with E-state index in [1.54, 1.807) is 0 Å². The van der Waals surface area contributed by atoms with Gasteiger partial charge in [0.1, 0.15) is 12.1 Å². The molecule has 2 aromatic carbocycles. The lowest BCUT2D eigenvalue weighted by molar-refractivity contribution is -0.140. The normalized spacial score (nSPS) is 22.1. The molecule has 4 heterocycles. The smallest absolute Gasteiger partial charge is 0.410 e. The number of nitrogens with one attached hydrogen (secondary N) is 1. The molecule has 2 atom stereocenters. The van der Waals surface area contributed by atoms with Crippen molar-refractivity contribution in [3.8, 4) is 0 Å².